The highest BCUT2D eigenvalue weighted by molar-refractivity contribution is 9.10. The number of rotatable bonds is 6. The van der Waals surface area contributed by atoms with E-state index >= 15 is 0 Å². The number of benzene rings is 1. The fraction of sp³-hybridized carbons (Fsp3) is 0.400. The van der Waals surface area contributed by atoms with E-state index in [-0.39, 0.29) is 0 Å². The van der Waals surface area contributed by atoms with Crippen molar-refractivity contribution in [2.24, 2.45) is 12.8 Å². The summed E-state index contributed by atoms with van der Waals surface area (Å²) in [4.78, 5) is 0. The second-order valence-electron chi connectivity index (χ2n) is 4.66. The van der Waals surface area contributed by atoms with E-state index < -0.39 is 0 Å². The number of para-hydroxylation sites is 1. The lowest BCUT2D eigenvalue weighted by atomic mass is 10.1. The second kappa shape index (κ2) is 6.90. The lowest BCUT2D eigenvalue weighted by molar-refractivity contribution is 0.290. The van der Waals surface area contributed by atoms with Crippen LogP contribution in [0.2, 0.25) is 0 Å². The van der Waals surface area contributed by atoms with Crippen LogP contribution in [-0.2, 0) is 26.5 Å². The first-order valence-corrected chi connectivity index (χ1v) is 7.57. The van der Waals surface area contributed by atoms with E-state index in [4.69, 9.17) is 10.5 Å². The summed E-state index contributed by atoms with van der Waals surface area (Å²) in [5.41, 5.74) is 8.92. The molecule has 2 rings (SSSR count). The molecule has 0 radical (unpaired) electrons. The first-order valence-electron chi connectivity index (χ1n) is 6.77. The standard InChI is InChI=1S/C15H20BrN3O/c1-3-12-9-13(19(2)18-12)10-20-15-11(7-8-17)5-4-6-14(15)16/h4-6,9H,3,7-8,10,17H2,1-2H3. The average Bonchev–Trinajstić information content (AvgIpc) is 2.79. The van der Waals surface area contributed by atoms with E-state index in [9.17, 15) is 0 Å². The first-order chi connectivity index (χ1) is 9.65. The van der Waals surface area contributed by atoms with E-state index in [0.717, 1.165) is 40.0 Å². The molecule has 0 fully saturated rings. The molecule has 0 spiro atoms. The summed E-state index contributed by atoms with van der Waals surface area (Å²) in [5, 5.41) is 4.43. The first kappa shape index (κ1) is 15.1. The number of hydrogen-bond acceptors (Lipinski definition) is 3. The molecule has 108 valence electrons. The predicted molar refractivity (Wildman–Crippen MR) is 83.8 cm³/mol. The highest BCUT2D eigenvalue weighted by atomic mass is 79.9. The van der Waals surface area contributed by atoms with E-state index in [0.29, 0.717) is 13.2 Å². The van der Waals surface area contributed by atoms with Crippen LogP contribution in [-0.4, -0.2) is 16.3 Å². The molecule has 2 N–H and O–H groups in total. The van der Waals surface area contributed by atoms with Gasteiger partial charge in [-0.1, -0.05) is 19.1 Å². The third-order valence-electron chi connectivity index (χ3n) is 3.22. The molecule has 20 heavy (non-hydrogen) atoms. The minimum absolute atomic E-state index is 0.504. The Labute approximate surface area is 128 Å². The summed E-state index contributed by atoms with van der Waals surface area (Å²) in [6.45, 7) is 3.21. The Balaban J connectivity index is 2.15. The Morgan fingerprint density at radius 1 is 1.40 bits per heavy atom. The van der Waals surface area contributed by atoms with E-state index in [1.165, 1.54) is 0 Å². The fourth-order valence-electron chi connectivity index (χ4n) is 2.09. The van der Waals surface area contributed by atoms with Gasteiger partial charge in [-0.15, -0.1) is 0 Å². The Morgan fingerprint density at radius 2 is 2.20 bits per heavy atom. The largest absolute Gasteiger partial charge is 0.486 e. The van der Waals surface area contributed by atoms with Crippen molar-refractivity contribution in [2.45, 2.75) is 26.4 Å². The van der Waals surface area contributed by atoms with Crippen molar-refractivity contribution in [1.82, 2.24) is 9.78 Å². The van der Waals surface area contributed by atoms with Crippen molar-refractivity contribution < 1.29 is 4.74 Å². The van der Waals surface area contributed by atoms with Gasteiger partial charge in [0.2, 0.25) is 0 Å². The number of nitrogens with two attached hydrogens (primary N) is 1. The molecule has 4 nitrogen and oxygen atoms in total. The molecule has 2 aromatic rings. The maximum atomic E-state index is 5.98. The molecule has 5 heteroatoms. The van der Waals surface area contributed by atoms with Crippen LogP contribution in [0.3, 0.4) is 0 Å². The van der Waals surface area contributed by atoms with Crippen LogP contribution < -0.4 is 10.5 Å². The van der Waals surface area contributed by atoms with Crippen molar-refractivity contribution in [3.8, 4) is 5.75 Å². The van der Waals surface area contributed by atoms with Crippen LogP contribution in [0.25, 0.3) is 0 Å². The normalized spacial score (nSPS) is 10.8. The van der Waals surface area contributed by atoms with Gasteiger partial charge in [0, 0.05) is 7.05 Å². The molecule has 1 aromatic carbocycles. The molecule has 0 aliphatic carbocycles. The maximum absolute atomic E-state index is 5.98. The quantitative estimate of drug-likeness (QED) is 0.881. The molecule has 1 heterocycles. The van der Waals surface area contributed by atoms with Crippen LogP contribution in [0.5, 0.6) is 5.75 Å². The number of aryl methyl sites for hydroxylation is 2. The molecule has 1 aromatic heterocycles. The molecule has 0 aliphatic rings. The zero-order valence-corrected chi connectivity index (χ0v) is 13.5. The van der Waals surface area contributed by atoms with E-state index in [1.54, 1.807) is 0 Å². The summed E-state index contributed by atoms with van der Waals surface area (Å²) >= 11 is 3.54. The van der Waals surface area contributed by atoms with Crippen LogP contribution in [0.15, 0.2) is 28.7 Å². The maximum Gasteiger partial charge on any atom is 0.137 e. The van der Waals surface area contributed by atoms with Crippen molar-refractivity contribution in [1.29, 1.82) is 0 Å². The van der Waals surface area contributed by atoms with E-state index in [1.807, 2.05) is 29.9 Å². The fourth-order valence-corrected chi connectivity index (χ4v) is 2.61. The number of nitrogens with zero attached hydrogens (tertiary/aromatic N) is 2. The SMILES string of the molecule is CCc1cc(COc2c(Br)cccc2CCN)n(C)n1. The lowest BCUT2D eigenvalue weighted by Gasteiger charge is -2.13. The van der Waals surface area contributed by atoms with Gasteiger partial charge < -0.3 is 10.5 Å². The van der Waals surface area contributed by atoms with Gasteiger partial charge in [0.05, 0.1) is 15.9 Å². The molecular formula is C15H20BrN3O. The van der Waals surface area contributed by atoms with Gasteiger partial charge in [-0.25, -0.2) is 0 Å². The van der Waals surface area contributed by atoms with E-state index in [2.05, 4.69) is 34.0 Å². The minimum atomic E-state index is 0.504. The summed E-state index contributed by atoms with van der Waals surface area (Å²) in [6.07, 6.45) is 1.74. The summed E-state index contributed by atoms with van der Waals surface area (Å²) in [5.74, 6) is 0.872. The monoisotopic (exact) mass is 337 g/mol. The summed E-state index contributed by atoms with van der Waals surface area (Å²) < 4.78 is 8.81. The third kappa shape index (κ3) is 3.41. The van der Waals surface area contributed by atoms with Crippen molar-refractivity contribution >= 4 is 15.9 Å². The predicted octanol–water partition coefficient (Wildman–Crippen LogP) is 2.83. The lowest BCUT2D eigenvalue weighted by Crippen LogP contribution is -2.07. The van der Waals surface area contributed by atoms with Gasteiger partial charge >= 0.3 is 0 Å². The smallest absolute Gasteiger partial charge is 0.137 e. The molecular weight excluding hydrogens is 318 g/mol. The Bertz CT molecular complexity index is 580. The molecule has 0 amide bonds. The summed E-state index contributed by atoms with van der Waals surface area (Å²) in [7, 11) is 1.94. The molecule has 0 bridgehead atoms. The van der Waals surface area contributed by atoms with Crippen molar-refractivity contribution in [3.05, 3.63) is 45.7 Å². The van der Waals surface area contributed by atoms with Crippen LogP contribution in [0, 0.1) is 0 Å². The highest BCUT2D eigenvalue weighted by Gasteiger charge is 2.10. The molecule has 0 saturated heterocycles. The van der Waals surface area contributed by atoms with Crippen LogP contribution in [0.1, 0.15) is 23.9 Å². The van der Waals surface area contributed by atoms with Crippen molar-refractivity contribution in [2.75, 3.05) is 6.54 Å². The van der Waals surface area contributed by atoms with Gasteiger partial charge in [-0.3, -0.25) is 4.68 Å². The van der Waals surface area contributed by atoms with Crippen LogP contribution in [0.4, 0.5) is 0 Å². The molecule has 0 aliphatic heterocycles. The number of hydrogen-bond donors (Lipinski definition) is 1. The topological polar surface area (TPSA) is 53.1 Å². The average molecular weight is 338 g/mol. The third-order valence-corrected chi connectivity index (χ3v) is 3.84. The second-order valence-corrected chi connectivity index (χ2v) is 5.51. The van der Waals surface area contributed by atoms with Gasteiger partial charge in [0.15, 0.2) is 0 Å². The highest BCUT2D eigenvalue weighted by Crippen LogP contribution is 2.30. The van der Waals surface area contributed by atoms with Gasteiger partial charge in [0.1, 0.15) is 12.4 Å². The molecule has 0 saturated carbocycles. The number of halogens is 1. The van der Waals surface area contributed by atoms with Gasteiger partial charge in [-0.05, 0) is 53.0 Å². The number of ether oxygens (including phenoxy) is 1. The molecule has 0 unspecified atom stereocenters. The van der Waals surface area contributed by atoms with Gasteiger partial charge in [0.25, 0.3) is 0 Å². The molecule has 0 atom stereocenters. The number of aromatic nitrogens is 2. The minimum Gasteiger partial charge on any atom is -0.486 e. The Hall–Kier alpha value is -1.33. The Morgan fingerprint density at radius 3 is 2.85 bits per heavy atom. The van der Waals surface area contributed by atoms with Crippen molar-refractivity contribution in [3.63, 3.8) is 0 Å². The zero-order valence-electron chi connectivity index (χ0n) is 11.9. The zero-order chi connectivity index (χ0) is 14.5. The summed E-state index contributed by atoms with van der Waals surface area (Å²) in [6, 6.07) is 8.12. The van der Waals surface area contributed by atoms with Gasteiger partial charge in [-0.2, -0.15) is 5.10 Å². The van der Waals surface area contributed by atoms with Crippen LogP contribution >= 0.6 is 15.9 Å². The Kier molecular flexibility index (Phi) is 5.20.